The summed E-state index contributed by atoms with van der Waals surface area (Å²) in [5, 5.41) is 18.1. The lowest BCUT2D eigenvalue weighted by Gasteiger charge is -2.07. The first-order chi connectivity index (χ1) is 10.5. The lowest BCUT2D eigenvalue weighted by molar-refractivity contribution is -0.159. The number of ether oxygens (including phenoxy) is 1. The number of para-hydroxylation sites is 1. The van der Waals surface area contributed by atoms with Gasteiger partial charge in [0.05, 0.1) is 7.11 Å². The average Bonchev–Trinajstić information content (AvgIpc) is 2.54. The Bertz CT molecular complexity index is 601. The fourth-order valence-corrected chi connectivity index (χ4v) is 1.54. The van der Waals surface area contributed by atoms with Crippen LogP contribution in [0, 0.1) is 0 Å². The van der Waals surface area contributed by atoms with Gasteiger partial charge in [-0.05, 0) is 29.8 Å². The molecule has 2 aromatic rings. The van der Waals surface area contributed by atoms with Crippen LogP contribution >= 0.6 is 0 Å². The van der Waals surface area contributed by atoms with Crippen LogP contribution in [-0.4, -0.2) is 29.3 Å². The maximum Gasteiger partial charge on any atom is 0.414 e. The number of hydrogen-bond acceptors (Lipinski definition) is 4. The van der Waals surface area contributed by atoms with Gasteiger partial charge >= 0.3 is 11.9 Å². The van der Waals surface area contributed by atoms with Crippen molar-refractivity contribution in [3.63, 3.8) is 0 Å². The van der Waals surface area contributed by atoms with Crippen LogP contribution in [0.25, 0.3) is 0 Å². The van der Waals surface area contributed by atoms with Gasteiger partial charge in [-0.1, -0.05) is 30.3 Å². The molecule has 0 aliphatic carbocycles. The molecule has 0 radical (unpaired) electrons. The predicted molar refractivity (Wildman–Crippen MR) is 82.0 cm³/mol. The molecule has 0 aliphatic heterocycles. The van der Waals surface area contributed by atoms with Crippen LogP contribution in [0.1, 0.15) is 5.56 Å². The number of anilines is 1. The van der Waals surface area contributed by atoms with Gasteiger partial charge in [-0.15, -0.1) is 0 Å². The third-order valence-electron chi connectivity index (χ3n) is 2.59. The minimum absolute atomic E-state index is 0.807. The number of rotatable bonds is 4. The summed E-state index contributed by atoms with van der Waals surface area (Å²) in [5.74, 6) is -2.75. The van der Waals surface area contributed by atoms with E-state index in [-0.39, 0.29) is 0 Å². The number of nitrogens with one attached hydrogen (secondary N) is 1. The van der Waals surface area contributed by atoms with Gasteiger partial charge in [0.1, 0.15) is 5.75 Å². The van der Waals surface area contributed by atoms with Crippen LogP contribution in [0.5, 0.6) is 5.75 Å². The fraction of sp³-hybridized carbons (Fsp3) is 0.125. The molecule has 0 aliphatic rings. The van der Waals surface area contributed by atoms with Crippen molar-refractivity contribution in [2.24, 2.45) is 0 Å². The minimum Gasteiger partial charge on any atom is -0.497 e. The van der Waals surface area contributed by atoms with Gasteiger partial charge in [0, 0.05) is 12.2 Å². The highest BCUT2D eigenvalue weighted by molar-refractivity contribution is 6.27. The monoisotopic (exact) mass is 303 g/mol. The zero-order valence-corrected chi connectivity index (χ0v) is 12.0. The highest BCUT2D eigenvalue weighted by Gasteiger charge is 2.04. The number of methoxy groups -OCH3 is 1. The van der Waals surface area contributed by atoms with Crippen molar-refractivity contribution in [2.75, 3.05) is 12.4 Å². The summed E-state index contributed by atoms with van der Waals surface area (Å²) in [6.07, 6.45) is 0. The molecule has 0 aromatic heterocycles. The summed E-state index contributed by atoms with van der Waals surface area (Å²) in [6, 6.07) is 18.2. The van der Waals surface area contributed by atoms with Crippen LogP contribution in [0.2, 0.25) is 0 Å². The molecule has 6 nitrogen and oxygen atoms in total. The number of carboxylic acids is 2. The van der Waals surface area contributed by atoms with E-state index in [2.05, 4.69) is 23.5 Å². The second-order valence-electron chi connectivity index (χ2n) is 4.18. The summed E-state index contributed by atoms with van der Waals surface area (Å²) < 4.78 is 5.18. The van der Waals surface area contributed by atoms with Gasteiger partial charge in [-0.25, -0.2) is 9.59 Å². The molecule has 0 atom stereocenters. The van der Waals surface area contributed by atoms with Crippen LogP contribution in [0.15, 0.2) is 54.6 Å². The molecule has 0 spiro atoms. The van der Waals surface area contributed by atoms with E-state index in [0.717, 1.165) is 18.0 Å². The molecule has 6 heteroatoms. The smallest absolute Gasteiger partial charge is 0.414 e. The maximum absolute atomic E-state index is 9.10. The maximum atomic E-state index is 9.10. The summed E-state index contributed by atoms with van der Waals surface area (Å²) >= 11 is 0. The van der Waals surface area contributed by atoms with Gasteiger partial charge in [0.15, 0.2) is 0 Å². The molecule has 0 unspecified atom stereocenters. The quantitative estimate of drug-likeness (QED) is 0.751. The Hall–Kier alpha value is -3.02. The molecule has 0 bridgehead atoms. The Balaban J connectivity index is 0.000000346. The highest BCUT2D eigenvalue weighted by atomic mass is 16.5. The van der Waals surface area contributed by atoms with Crippen LogP contribution < -0.4 is 10.1 Å². The topological polar surface area (TPSA) is 95.9 Å². The van der Waals surface area contributed by atoms with E-state index < -0.39 is 11.9 Å². The van der Waals surface area contributed by atoms with Crippen molar-refractivity contribution in [3.05, 3.63) is 60.2 Å². The number of hydrogen-bond donors (Lipinski definition) is 3. The molecule has 22 heavy (non-hydrogen) atoms. The van der Waals surface area contributed by atoms with E-state index >= 15 is 0 Å². The van der Waals surface area contributed by atoms with Crippen LogP contribution in [-0.2, 0) is 16.1 Å². The standard InChI is InChI=1S/C14H15NO.C2H2O4/c1-16-14-9-5-6-12(10-14)11-15-13-7-3-2-4-8-13;3-1(4)2(5)6/h2-10,15H,11H2,1H3;(H,3,4)(H,5,6). The summed E-state index contributed by atoms with van der Waals surface area (Å²) in [6.45, 7) is 0.807. The molecule has 0 amide bonds. The van der Waals surface area contributed by atoms with Gasteiger partial charge in [0.25, 0.3) is 0 Å². The van der Waals surface area contributed by atoms with E-state index in [1.54, 1.807) is 7.11 Å². The first-order valence-electron chi connectivity index (χ1n) is 6.41. The van der Waals surface area contributed by atoms with Crippen molar-refractivity contribution in [2.45, 2.75) is 6.54 Å². The molecular formula is C16H17NO5. The van der Waals surface area contributed by atoms with Crippen molar-refractivity contribution < 1.29 is 24.5 Å². The molecule has 0 saturated heterocycles. The van der Waals surface area contributed by atoms with Crippen molar-refractivity contribution >= 4 is 17.6 Å². The van der Waals surface area contributed by atoms with Crippen molar-refractivity contribution in [3.8, 4) is 5.75 Å². The zero-order valence-electron chi connectivity index (χ0n) is 12.0. The lowest BCUT2D eigenvalue weighted by Crippen LogP contribution is -2.09. The number of aliphatic carboxylic acids is 2. The Kier molecular flexibility index (Phi) is 6.98. The summed E-state index contributed by atoms with van der Waals surface area (Å²) in [4.78, 5) is 18.2. The Morgan fingerprint density at radius 1 is 1.00 bits per heavy atom. The van der Waals surface area contributed by atoms with E-state index in [1.807, 2.05) is 36.4 Å². The summed E-state index contributed by atoms with van der Waals surface area (Å²) in [5.41, 5.74) is 2.34. The molecule has 0 fully saturated rings. The van der Waals surface area contributed by atoms with E-state index in [9.17, 15) is 0 Å². The number of benzene rings is 2. The SMILES string of the molecule is COc1cccc(CNc2ccccc2)c1.O=C(O)C(=O)O. The Morgan fingerprint density at radius 2 is 1.64 bits per heavy atom. The molecule has 2 rings (SSSR count). The fourth-order valence-electron chi connectivity index (χ4n) is 1.54. The Morgan fingerprint density at radius 3 is 2.18 bits per heavy atom. The number of carboxylic acid groups (broad SMARTS) is 2. The minimum atomic E-state index is -1.82. The predicted octanol–water partition coefficient (Wildman–Crippen LogP) is 2.46. The molecule has 0 saturated carbocycles. The Labute approximate surface area is 128 Å². The van der Waals surface area contributed by atoms with Gasteiger partial charge in [-0.3, -0.25) is 0 Å². The van der Waals surface area contributed by atoms with Crippen molar-refractivity contribution in [1.82, 2.24) is 0 Å². The molecule has 2 aromatic carbocycles. The zero-order chi connectivity index (χ0) is 16.4. The average molecular weight is 303 g/mol. The third kappa shape index (κ3) is 6.42. The van der Waals surface area contributed by atoms with Gasteiger partial charge < -0.3 is 20.3 Å². The normalized spacial score (nSPS) is 9.14. The van der Waals surface area contributed by atoms with Crippen LogP contribution in [0.3, 0.4) is 0 Å². The first kappa shape index (κ1) is 17.0. The second kappa shape index (κ2) is 9.02. The molecule has 3 N–H and O–H groups in total. The van der Waals surface area contributed by atoms with E-state index in [1.165, 1.54) is 5.56 Å². The summed E-state index contributed by atoms with van der Waals surface area (Å²) in [7, 11) is 1.68. The highest BCUT2D eigenvalue weighted by Crippen LogP contribution is 2.14. The van der Waals surface area contributed by atoms with Crippen LogP contribution in [0.4, 0.5) is 5.69 Å². The lowest BCUT2D eigenvalue weighted by atomic mass is 10.2. The largest absolute Gasteiger partial charge is 0.497 e. The van der Waals surface area contributed by atoms with Crippen molar-refractivity contribution in [1.29, 1.82) is 0 Å². The van der Waals surface area contributed by atoms with E-state index in [0.29, 0.717) is 0 Å². The number of carbonyl (C=O) groups is 2. The molecular weight excluding hydrogens is 286 g/mol. The van der Waals surface area contributed by atoms with Gasteiger partial charge in [-0.2, -0.15) is 0 Å². The second-order valence-corrected chi connectivity index (χ2v) is 4.18. The molecule has 116 valence electrons. The van der Waals surface area contributed by atoms with Gasteiger partial charge in [0.2, 0.25) is 0 Å². The first-order valence-corrected chi connectivity index (χ1v) is 6.41. The van der Waals surface area contributed by atoms with E-state index in [4.69, 9.17) is 24.5 Å². The molecule has 0 heterocycles. The third-order valence-corrected chi connectivity index (χ3v) is 2.59.